The molecular weight excluding hydrogens is 259 g/mol. The lowest BCUT2D eigenvalue weighted by Gasteiger charge is -2.25. The Balaban J connectivity index is 2.92. The molecule has 0 aliphatic carbocycles. The fraction of sp³-hybridized carbons (Fsp3) is 0.462. The number of carbonyl (C=O) groups excluding carboxylic acids is 1. The SMILES string of the molecule is CC(C)(Cc1ccccc1CC(F)(F)F)OC(N)=O. The second-order valence-electron chi connectivity index (χ2n) is 4.92. The van der Waals surface area contributed by atoms with Crippen molar-refractivity contribution in [1.82, 2.24) is 0 Å². The molecule has 19 heavy (non-hydrogen) atoms. The summed E-state index contributed by atoms with van der Waals surface area (Å²) in [5, 5.41) is 0. The maximum atomic E-state index is 12.5. The van der Waals surface area contributed by atoms with E-state index in [1.54, 1.807) is 32.0 Å². The zero-order chi connectivity index (χ0) is 14.7. The number of nitrogens with two attached hydrogens (primary N) is 1. The van der Waals surface area contributed by atoms with Gasteiger partial charge >= 0.3 is 12.3 Å². The van der Waals surface area contributed by atoms with E-state index in [0.717, 1.165) is 0 Å². The highest BCUT2D eigenvalue weighted by Crippen LogP contribution is 2.26. The summed E-state index contributed by atoms with van der Waals surface area (Å²) in [6, 6.07) is 6.21. The van der Waals surface area contributed by atoms with Gasteiger partial charge in [-0.2, -0.15) is 13.2 Å². The number of hydrogen-bond donors (Lipinski definition) is 1. The number of benzene rings is 1. The van der Waals surface area contributed by atoms with Crippen LogP contribution < -0.4 is 5.73 Å². The van der Waals surface area contributed by atoms with Crippen LogP contribution in [-0.2, 0) is 17.6 Å². The fourth-order valence-electron chi connectivity index (χ4n) is 1.89. The Morgan fingerprint density at radius 1 is 1.16 bits per heavy atom. The van der Waals surface area contributed by atoms with Crippen LogP contribution >= 0.6 is 0 Å². The number of primary amides is 1. The lowest BCUT2D eigenvalue weighted by Crippen LogP contribution is -2.33. The molecule has 0 bridgehead atoms. The molecule has 0 heterocycles. The van der Waals surface area contributed by atoms with E-state index < -0.39 is 24.3 Å². The molecule has 0 saturated carbocycles. The first-order chi connectivity index (χ1) is 8.59. The van der Waals surface area contributed by atoms with Gasteiger partial charge in [-0.1, -0.05) is 24.3 Å². The number of halogens is 3. The zero-order valence-corrected chi connectivity index (χ0v) is 10.8. The van der Waals surface area contributed by atoms with Gasteiger partial charge in [0, 0.05) is 6.42 Å². The molecule has 0 spiro atoms. The van der Waals surface area contributed by atoms with E-state index in [1.165, 1.54) is 6.07 Å². The van der Waals surface area contributed by atoms with E-state index in [0.29, 0.717) is 5.56 Å². The average molecular weight is 275 g/mol. The number of carbonyl (C=O) groups is 1. The van der Waals surface area contributed by atoms with E-state index in [-0.39, 0.29) is 12.0 Å². The van der Waals surface area contributed by atoms with Gasteiger partial charge in [0.25, 0.3) is 0 Å². The molecule has 0 fully saturated rings. The Hall–Kier alpha value is -1.72. The van der Waals surface area contributed by atoms with Crippen LogP contribution in [0.15, 0.2) is 24.3 Å². The van der Waals surface area contributed by atoms with Crippen LogP contribution in [0.3, 0.4) is 0 Å². The van der Waals surface area contributed by atoms with Gasteiger partial charge in [0.15, 0.2) is 0 Å². The Labute approximate surface area is 109 Å². The maximum absolute atomic E-state index is 12.5. The van der Waals surface area contributed by atoms with Crippen molar-refractivity contribution in [3.63, 3.8) is 0 Å². The summed E-state index contributed by atoms with van der Waals surface area (Å²) in [6.45, 7) is 3.20. The van der Waals surface area contributed by atoms with E-state index in [2.05, 4.69) is 0 Å². The topological polar surface area (TPSA) is 52.3 Å². The number of hydrogen-bond acceptors (Lipinski definition) is 2. The molecule has 1 aromatic carbocycles. The summed E-state index contributed by atoms with van der Waals surface area (Å²) in [5.41, 5.74) is 4.65. The largest absolute Gasteiger partial charge is 0.443 e. The molecule has 106 valence electrons. The third-order valence-electron chi connectivity index (χ3n) is 2.50. The second-order valence-corrected chi connectivity index (χ2v) is 4.92. The first-order valence-electron chi connectivity index (χ1n) is 5.71. The first-order valence-corrected chi connectivity index (χ1v) is 5.71. The normalized spacial score (nSPS) is 12.3. The fourth-order valence-corrected chi connectivity index (χ4v) is 1.89. The van der Waals surface area contributed by atoms with Gasteiger partial charge < -0.3 is 10.5 Å². The van der Waals surface area contributed by atoms with Crippen LogP contribution in [0.1, 0.15) is 25.0 Å². The molecule has 1 amide bonds. The van der Waals surface area contributed by atoms with Crippen LogP contribution in [0.5, 0.6) is 0 Å². The molecule has 0 aliphatic rings. The zero-order valence-electron chi connectivity index (χ0n) is 10.8. The summed E-state index contributed by atoms with van der Waals surface area (Å²) in [4.78, 5) is 10.7. The quantitative estimate of drug-likeness (QED) is 0.917. The van der Waals surface area contributed by atoms with Gasteiger partial charge in [0.2, 0.25) is 0 Å². The van der Waals surface area contributed by atoms with Gasteiger partial charge in [-0.25, -0.2) is 4.79 Å². The standard InChI is InChI=1S/C13H16F3NO2/c1-12(2,19-11(17)18)7-9-5-3-4-6-10(9)8-13(14,15)16/h3-6H,7-8H2,1-2H3,(H2,17,18). The monoisotopic (exact) mass is 275 g/mol. The number of alkyl halides is 3. The molecule has 0 radical (unpaired) electrons. The van der Waals surface area contributed by atoms with Gasteiger partial charge in [-0.3, -0.25) is 0 Å². The number of ether oxygens (including phenoxy) is 1. The summed E-state index contributed by atoms with van der Waals surface area (Å²) < 4.78 is 42.3. The molecule has 1 aromatic rings. The average Bonchev–Trinajstić information content (AvgIpc) is 2.16. The number of amides is 1. The molecule has 0 unspecified atom stereocenters. The predicted molar refractivity (Wildman–Crippen MR) is 64.7 cm³/mol. The van der Waals surface area contributed by atoms with Crippen LogP contribution in [0.4, 0.5) is 18.0 Å². The van der Waals surface area contributed by atoms with Crippen molar-refractivity contribution < 1.29 is 22.7 Å². The minimum Gasteiger partial charge on any atom is -0.443 e. The van der Waals surface area contributed by atoms with Crippen molar-refractivity contribution in [1.29, 1.82) is 0 Å². The molecule has 3 nitrogen and oxygen atoms in total. The molecule has 2 N–H and O–H groups in total. The van der Waals surface area contributed by atoms with E-state index in [9.17, 15) is 18.0 Å². The van der Waals surface area contributed by atoms with Crippen molar-refractivity contribution in [2.75, 3.05) is 0 Å². The van der Waals surface area contributed by atoms with E-state index in [1.807, 2.05) is 0 Å². The Morgan fingerprint density at radius 2 is 1.63 bits per heavy atom. The van der Waals surface area contributed by atoms with Gasteiger partial charge in [-0.15, -0.1) is 0 Å². The summed E-state index contributed by atoms with van der Waals surface area (Å²) in [5.74, 6) is 0. The van der Waals surface area contributed by atoms with Crippen molar-refractivity contribution in [2.24, 2.45) is 5.73 Å². The lowest BCUT2D eigenvalue weighted by atomic mass is 9.93. The molecule has 0 atom stereocenters. The van der Waals surface area contributed by atoms with Crippen molar-refractivity contribution in [3.8, 4) is 0 Å². The van der Waals surface area contributed by atoms with Gasteiger partial charge in [0.1, 0.15) is 5.60 Å². The Bertz CT molecular complexity index is 455. The van der Waals surface area contributed by atoms with Crippen molar-refractivity contribution in [2.45, 2.75) is 38.5 Å². The summed E-state index contributed by atoms with van der Waals surface area (Å²) >= 11 is 0. The maximum Gasteiger partial charge on any atom is 0.405 e. The molecular formula is C13H16F3NO2. The van der Waals surface area contributed by atoms with Crippen LogP contribution in [0, 0.1) is 0 Å². The molecule has 6 heteroatoms. The Kier molecular flexibility index (Phi) is 4.44. The smallest absolute Gasteiger partial charge is 0.405 e. The first kappa shape index (κ1) is 15.3. The molecule has 0 aliphatic heterocycles. The third-order valence-corrected chi connectivity index (χ3v) is 2.50. The van der Waals surface area contributed by atoms with Gasteiger partial charge in [-0.05, 0) is 25.0 Å². The van der Waals surface area contributed by atoms with Crippen LogP contribution in [0.25, 0.3) is 0 Å². The van der Waals surface area contributed by atoms with Gasteiger partial charge in [0.05, 0.1) is 6.42 Å². The summed E-state index contributed by atoms with van der Waals surface area (Å²) in [7, 11) is 0. The van der Waals surface area contributed by atoms with Crippen molar-refractivity contribution in [3.05, 3.63) is 35.4 Å². The number of rotatable bonds is 4. The van der Waals surface area contributed by atoms with E-state index in [4.69, 9.17) is 10.5 Å². The highest BCUT2D eigenvalue weighted by molar-refractivity contribution is 5.65. The predicted octanol–water partition coefficient (Wildman–Crippen LogP) is 3.21. The van der Waals surface area contributed by atoms with Crippen LogP contribution in [0.2, 0.25) is 0 Å². The van der Waals surface area contributed by atoms with Crippen LogP contribution in [-0.4, -0.2) is 17.9 Å². The van der Waals surface area contributed by atoms with E-state index >= 15 is 0 Å². The summed E-state index contributed by atoms with van der Waals surface area (Å²) in [6.07, 6.45) is -6.05. The molecule has 0 aromatic heterocycles. The molecule has 1 rings (SSSR count). The second kappa shape index (κ2) is 5.50. The third kappa shape index (κ3) is 5.63. The Morgan fingerprint density at radius 3 is 2.05 bits per heavy atom. The van der Waals surface area contributed by atoms with Crippen molar-refractivity contribution >= 4 is 6.09 Å². The molecule has 0 saturated heterocycles. The highest BCUT2D eigenvalue weighted by atomic mass is 19.4. The minimum absolute atomic E-state index is 0.169. The minimum atomic E-state index is -4.27. The highest BCUT2D eigenvalue weighted by Gasteiger charge is 2.30. The lowest BCUT2D eigenvalue weighted by molar-refractivity contribution is -0.127.